The molecule has 10 heteroatoms. The van der Waals surface area contributed by atoms with Crippen LogP contribution in [0.25, 0.3) is 0 Å². The summed E-state index contributed by atoms with van der Waals surface area (Å²) in [5.41, 5.74) is -2.01. The highest BCUT2D eigenvalue weighted by atomic mass is 32.2. The van der Waals surface area contributed by atoms with E-state index >= 15 is 0 Å². The minimum atomic E-state index is -4.57. The summed E-state index contributed by atoms with van der Waals surface area (Å²) in [6, 6.07) is 0. The van der Waals surface area contributed by atoms with E-state index in [1.807, 2.05) is 0 Å². The van der Waals surface area contributed by atoms with Gasteiger partial charge in [-0.2, -0.15) is 16.8 Å². The van der Waals surface area contributed by atoms with Crippen LogP contribution in [-0.2, 0) is 20.2 Å². The van der Waals surface area contributed by atoms with Crippen molar-refractivity contribution < 1.29 is 36.2 Å². The molecule has 0 aliphatic carbocycles. The molecule has 0 fully saturated rings. The molecular formula is C5H12O8S2. The molecule has 0 aromatic carbocycles. The molecule has 0 unspecified atom stereocenters. The molecule has 8 nitrogen and oxygen atoms in total. The standard InChI is InChI=1S/C5H12O8S2/c6-1-5(2-7,3-14(8,9)10)4-15(11,12)13/h6-7H,1-4H2,(H,8,9,10)(H,11,12,13). The molecule has 0 aliphatic heterocycles. The van der Waals surface area contributed by atoms with Crippen LogP contribution in [-0.4, -0.2) is 60.9 Å². The predicted octanol–water partition coefficient (Wildman–Crippen LogP) is -2.27. The minimum Gasteiger partial charge on any atom is -0.396 e. The zero-order valence-corrected chi connectivity index (χ0v) is 9.20. The monoisotopic (exact) mass is 264 g/mol. The van der Waals surface area contributed by atoms with E-state index < -0.39 is 50.4 Å². The highest BCUT2D eigenvalue weighted by molar-refractivity contribution is 7.86. The maximum absolute atomic E-state index is 10.5. The van der Waals surface area contributed by atoms with Crippen molar-refractivity contribution in [3.05, 3.63) is 0 Å². The summed E-state index contributed by atoms with van der Waals surface area (Å²) < 4.78 is 59.0. The number of aliphatic hydroxyl groups excluding tert-OH is 2. The van der Waals surface area contributed by atoms with Gasteiger partial charge in [0.1, 0.15) is 0 Å². The van der Waals surface area contributed by atoms with E-state index in [4.69, 9.17) is 19.3 Å². The fraction of sp³-hybridized carbons (Fsp3) is 1.00. The summed E-state index contributed by atoms with van der Waals surface area (Å²) in [4.78, 5) is 0. The lowest BCUT2D eigenvalue weighted by Crippen LogP contribution is -2.43. The summed E-state index contributed by atoms with van der Waals surface area (Å²) in [5.74, 6) is -2.32. The van der Waals surface area contributed by atoms with Crippen LogP contribution in [0, 0.1) is 5.41 Å². The van der Waals surface area contributed by atoms with Gasteiger partial charge in [0.15, 0.2) is 0 Å². The average molecular weight is 264 g/mol. The Morgan fingerprint density at radius 3 is 1.20 bits per heavy atom. The second-order valence-electron chi connectivity index (χ2n) is 3.27. The van der Waals surface area contributed by atoms with Gasteiger partial charge in [0.05, 0.1) is 24.7 Å². The van der Waals surface area contributed by atoms with Crippen molar-refractivity contribution in [3.63, 3.8) is 0 Å². The summed E-state index contributed by atoms with van der Waals surface area (Å²) in [6.45, 7) is -2.02. The molecule has 0 amide bonds. The summed E-state index contributed by atoms with van der Waals surface area (Å²) in [7, 11) is -9.15. The van der Waals surface area contributed by atoms with Crippen molar-refractivity contribution in [3.8, 4) is 0 Å². The van der Waals surface area contributed by atoms with Gasteiger partial charge < -0.3 is 10.2 Å². The van der Waals surface area contributed by atoms with Gasteiger partial charge in [-0.15, -0.1) is 0 Å². The van der Waals surface area contributed by atoms with E-state index in [9.17, 15) is 16.8 Å². The third kappa shape index (κ3) is 6.02. The average Bonchev–Trinajstić information content (AvgIpc) is 1.98. The second kappa shape index (κ2) is 4.72. The van der Waals surface area contributed by atoms with Gasteiger partial charge in [0.25, 0.3) is 20.2 Å². The van der Waals surface area contributed by atoms with Crippen LogP contribution in [0.2, 0.25) is 0 Å². The van der Waals surface area contributed by atoms with Crippen LogP contribution < -0.4 is 0 Å². The van der Waals surface area contributed by atoms with E-state index in [0.717, 1.165) is 0 Å². The fourth-order valence-corrected chi connectivity index (χ4v) is 3.29. The topological polar surface area (TPSA) is 149 Å². The van der Waals surface area contributed by atoms with Gasteiger partial charge in [0, 0.05) is 5.41 Å². The third-order valence-electron chi connectivity index (χ3n) is 1.65. The Balaban J connectivity index is 5.07. The molecule has 15 heavy (non-hydrogen) atoms. The molecule has 0 radical (unpaired) electrons. The zero-order valence-electron chi connectivity index (χ0n) is 7.57. The van der Waals surface area contributed by atoms with E-state index in [1.54, 1.807) is 0 Å². The van der Waals surface area contributed by atoms with Crippen LogP contribution in [0.3, 0.4) is 0 Å². The van der Waals surface area contributed by atoms with Crippen LogP contribution in [0.5, 0.6) is 0 Å². The van der Waals surface area contributed by atoms with E-state index in [1.165, 1.54) is 0 Å². The molecule has 0 spiro atoms. The van der Waals surface area contributed by atoms with Crippen molar-refractivity contribution in [2.45, 2.75) is 0 Å². The maximum atomic E-state index is 10.5. The van der Waals surface area contributed by atoms with E-state index in [2.05, 4.69) is 0 Å². The molecule has 0 aromatic heterocycles. The second-order valence-corrected chi connectivity index (χ2v) is 6.17. The normalized spacial score (nSPS) is 14.1. The Morgan fingerprint density at radius 2 is 1.07 bits per heavy atom. The Bertz CT molecular complexity index is 353. The SMILES string of the molecule is O=S(=O)(O)CC(CO)(CO)CS(=O)(=O)O. The number of rotatable bonds is 6. The summed E-state index contributed by atoms with van der Waals surface area (Å²) >= 11 is 0. The van der Waals surface area contributed by atoms with Gasteiger partial charge in [-0.3, -0.25) is 9.11 Å². The first-order valence-electron chi connectivity index (χ1n) is 3.66. The molecule has 0 saturated carbocycles. The quantitative estimate of drug-likeness (QED) is 0.392. The molecular weight excluding hydrogens is 252 g/mol. The van der Waals surface area contributed by atoms with Crippen molar-refractivity contribution in [2.24, 2.45) is 5.41 Å². The zero-order chi connectivity index (χ0) is 12.3. The van der Waals surface area contributed by atoms with Gasteiger partial charge in [-0.25, -0.2) is 0 Å². The lowest BCUT2D eigenvalue weighted by molar-refractivity contribution is 0.0875. The third-order valence-corrected chi connectivity index (χ3v) is 3.60. The summed E-state index contributed by atoms with van der Waals surface area (Å²) in [6.07, 6.45) is 0. The van der Waals surface area contributed by atoms with Crippen molar-refractivity contribution >= 4 is 20.2 Å². The molecule has 92 valence electrons. The van der Waals surface area contributed by atoms with Crippen LogP contribution >= 0.6 is 0 Å². The number of hydrogen-bond donors (Lipinski definition) is 4. The van der Waals surface area contributed by atoms with Crippen molar-refractivity contribution in [2.75, 3.05) is 24.7 Å². The molecule has 0 rings (SSSR count). The van der Waals surface area contributed by atoms with E-state index in [-0.39, 0.29) is 0 Å². The first-order valence-corrected chi connectivity index (χ1v) is 6.87. The first kappa shape index (κ1) is 14.7. The van der Waals surface area contributed by atoms with Crippen LogP contribution in [0.15, 0.2) is 0 Å². The van der Waals surface area contributed by atoms with Crippen molar-refractivity contribution in [1.29, 1.82) is 0 Å². The first-order chi connectivity index (χ1) is 6.54. The highest BCUT2D eigenvalue weighted by Gasteiger charge is 2.38. The fourth-order valence-electron chi connectivity index (χ4n) is 1.05. The number of hydrogen-bond acceptors (Lipinski definition) is 6. The maximum Gasteiger partial charge on any atom is 0.265 e. The number of aliphatic hydroxyl groups is 2. The lowest BCUT2D eigenvalue weighted by atomic mass is 9.96. The van der Waals surface area contributed by atoms with Gasteiger partial charge >= 0.3 is 0 Å². The van der Waals surface area contributed by atoms with Gasteiger partial charge in [-0.1, -0.05) is 0 Å². The van der Waals surface area contributed by atoms with Crippen molar-refractivity contribution in [1.82, 2.24) is 0 Å². The smallest absolute Gasteiger partial charge is 0.265 e. The molecule has 4 N–H and O–H groups in total. The van der Waals surface area contributed by atoms with E-state index in [0.29, 0.717) is 0 Å². The Labute approximate surface area is 87.0 Å². The molecule has 0 atom stereocenters. The molecule has 0 aliphatic rings. The summed E-state index contributed by atoms with van der Waals surface area (Å²) in [5, 5.41) is 17.6. The Kier molecular flexibility index (Phi) is 4.64. The lowest BCUT2D eigenvalue weighted by Gasteiger charge is -2.26. The van der Waals surface area contributed by atoms with Gasteiger partial charge in [0.2, 0.25) is 0 Å². The molecule has 0 bridgehead atoms. The Morgan fingerprint density at radius 1 is 0.800 bits per heavy atom. The van der Waals surface area contributed by atoms with Crippen LogP contribution in [0.1, 0.15) is 0 Å². The predicted molar refractivity (Wildman–Crippen MR) is 49.4 cm³/mol. The molecule has 0 saturated heterocycles. The molecule has 0 heterocycles. The largest absolute Gasteiger partial charge is 0.396 e. The molecule has 0 aromatic rings. The minimum absolute atomic E-state index is 1.01. The highest BCUT2D eigenvalue weighted by Crippen LogP contribution is 2.20. The Hall–Kier alpha value is -0.260. The van der Waals surface area contributed by atoms with Gasteiger partial charge in [-0.05, 0) is 0 Å². The van der Waals surface area contributed by atoms with Crippen LogP contribution in [0.4, 0.5) is 0 Å².